The van der Waals surface area contributed by atoms with Crippen molar-refractivity contribution in [3.05, 3.63) is 0 Å². The number of β-amino-alcohol motifs (C(OH)–C–C–N with tert-alkyl or cyclic N) is 1. The van der Waals surface area contributed by atoms with Gasteiger partial charge in [-0.3, -0.25) is 9.69 Å². The number of rotatable bonds is 7. The molecule has 8 nitrogen and oxygen atoms in total. The predicted molar refractivity (Wildman–Crippen MR) is 104 cm³/mol. The van der Waals surface area contributed by atoms with E-state index in [1.54, 1.807) is 20.8 Å². The largest absolute Gasteiger partial charge is 0.444 e. The smallest absolute Gasteiger partial charge is 0.407 e. The molecule has 0 aliphatic carbocycles. The summed E-state index contributed by atoms with van der Waals surface area (Å²) in [5.41, 5.74) is -0.922. The molecular weight excluding hydrogens is 350 g/mol. The Balaban J connectivity index is 2.61. The Kier molecular flexibility index (Phi) is 8.50. The number of likely N-dealkylation sites (tertiary alicyclic amines) is 1. The van der Waals surface area contributed by atoms with E-state index in [1.165, 1.54) is 0 Å². The summed E-state index contributed by atoms with van der Waals surface area (Å²) < 4.78 is 10.8. The lowest BCUT2D eigenvalue weighted by Crippen LogP contribution is -2.52. The molecule has 158 valence electrons. The van der Waals surface area contributed by atoms with Crippen LogP contribution in [0.15, 0.2) is 0 Å². The number of carbonyl (C=O) groups is 2. The number of nitrogens with zero attached hydrogens (tertiary/aromatic N) is 1. The minimum atomic E-state index is -0.817. The molecule has 0 radical (unpaired) electrons. The van der Waals surface area contributed by atoms with Crippen LogP contribution in [-0.4, -0.2) is 77.6 Å². The SMILES string of the molecule is CCO[C@H]1C[C@@H](C(=O)NC(C)(C)C)N(CC(O)CNC(=O)OC(C)(C)C)C1. The first kappa shape index (κ1) is 23.7. The summed E-state index contributed by atoms with van der Waals surface area (Å²) in [6.45, 7) is 14.5. The average Bonchev–Trinajstić information content (AvgIpc) is 2.85. The van der Waals surface area contributed by atoms with Crippen molar-refractivity contribution in [3.63, 3.8) is 0 Å². The number of nitrogens with one attached hydrogen (secondary N) is 2. The molecule has 0 aromatic carbocycles. The molecule has 0 aromatic heterocycles. The zero-order valence-corrected chi connectivity index (χ0v) is 17.8. The van der Waals surface area contributed by atoms with Gasteiger partial charge in [0.2, 0.25) is 5.91 Å². The first-order valence-electron chi connectivity index (χ1n) is 9.63. The van der Waals surface area contributed by atoms with Crippen LogP contribution in [-0.2, 0) is 14.3 Å². The van der Waals surface area contributed by atoms with Gasteiger partial charge in [-0.25, -0.2) is 4.79 Å². The number of aliphatic hydroxyl groups is 1. The van der Waals surface area contributed by atoms with Crippen molar-refractivity contribution in [1.29, 1.82) is 0 Å². The third kappa shape index (κ3) is 9.39. The number of hydrogen-bond donors (Lipinski definition) is 3. The lowest BCUT2D eigenvalue weighted by molar-refractivity contribution is -0.127. The number of aliphatic hydroxyl groups excluding tert-OH is 1. The van der Waals surface area contributed by atoms with E-state index >= 15 is 0 Å². The summed E-state index contributed by atoms with van der Waals surface area (Å²) in [5, 5.41) is 15.9. The number of hydrogen-bond acceptors (Lipinski definition) is 6. The molecule has 1 heterocycles. The van der Waals surface area contributed by atoms with Gasteiger partial charge in [-0.1, -0.05) is 0 Å². The third-order valence-electron chi connectivity index (χ3n) is 3.89. The Morgan fingerprint density at radius 2 is 1.85 bits per heavy atom. The van der Waals surface area contributed by atoms with Gasteiger partial charge in [-0.05, 0) is 54.9 Å². The van der Waals surface area contributed by atoms with Crippen molar-refractivity contribution in [2.75, 3.05) is 26.2 Å². The fourth-order valence-electron chi connectivity index (χ4n) is 3.00. The fourth-order valence-corrected chi connectivity index (χ4v) is 3.00. The van der Waals surface area contributed by atoms with Crippen molar-refractivity contribution >= 4 is 12.0 Å². The summed E-state index contributed by atoms with van der Waals surface area (Å²) in [6.07, 6.45) is -0.848. The maximum absolute atomic E-state index is 12.6. The van der Waals surface area contributed by atoms with E-state index in [0.29, 0.717) is 19.6 Å². The molecule has 0 saturated carbocycles. The fraction of sp³-hybridized carbons (Fsp3) is 0.895. The number of alkyl carbamates (subject to hydrolysis) is 1. The van der Waals surface area contributed by atoms with E-state index in [4.69, 9.17) is 9.47 Å². The molecule has 1 unspecified atom stereocenters. The molecule has 1 fully saturated rings. The lowest BCUT2D eigenvalue weighted by Gasteiger charge is -2.29. The van der Waals surface area contributed by atoms with Crippen molar-refractivity contribution in [2.24, 2.45) is 0 Å². The van der Waals surface area contributed by atoms with E-state index in [0.717, 1.165) is 0 Å². The standard InChI is InChI=1S/C19H37N3O5/c1-8-26-14-9-15(16(24)21-18(2,3)4)22(12-14)11-13(23)10-20-17(25)27-19(5,6)7/h13-15,23H,8-12H2,1-7H3,(H,20,25)(H,21,24)/t13?,14-,15-/m0/s1. The van der Waals surface area contributed by atoms with Gasteiger partial charge in [0.05, 0.1) is 18.2 Å². The van der Waals surface area contributed by atoms with Crippen LogP contribution in [0.3, 0.4) is 0 Å². The molecule has 27 heavy (non-hydrogen) atoms. The second-order valence-corrected chi connectivity index (χ2v) is 9.06. The summed E-state index contributed by atoms with van der Waals surface area (Å²) in [7, 11) is 0. The predicted octanol–water partition coefficient (Wildman–Crippen LogP) is 1.27. The molecule has 2 amide bonds. The quantitative estimate of drug-likeness (QED) is 0.608. The summed E-state index contributed by atoms with van der Waals surface area (Å²) in [6, 6.07) is -0.364. The van der Waals surface area contributed by atoms with Crippen LogP contribution in [0.4, 0.5) is 4.79 Å². The molecule has 3 N–H and O–H groups in total. The van der Waals surface area contributed by atoms with Crippen molar-refractivity contribution in [2.45, 2.75) is 84.3 Å². The monoisotopic (exact) mass is 387 g/mol. The van der Waals surface area contributed by atoms with E-state index in [-0.39, 0.29) is 36.7 Å². The Morgan fingerprint density at radius 1 is 1.22 bits per heavy atom. The van der Waals surface area contributed by atoms with Crippen molar-refractivity contribution in [3.8, 4) is 0 Å². The van der Waals surface area contributed by atoms with Crippen LogP contribution >= 0.6 is 0 Å². The average molecular weight is 388 g/mol. The number of ether oxygens (including phenoxy) is 2. The summed E-state index contributed by atoms with van der Waals surface area (Å²) in [4.78, 5) is 26.3. The highest BCUT2D eigenvalue weighted by Crippen LogP contribution is 2.22. The Morgan fingerprint density at radius 3 is 2.37 bits per heavy atom. The zero-order chi connectivity index (χ0) is 20.8. The van der Waals surface area contributed by atoms with Crippen LogP contribution in [0, 0.1) is 0 Å². The highest BCUT2D eigenvalue weighted by molar-refractivity contribution is 5.82. The highest BCUT2D eigenvalue weighted by atomic mass is 16.6. The second-order valence-electron chi connectivity index (χ2n) is 9.06. The molecule has 0 spiro atoms. The van der Waals surface area contributed by atoms with Gasteiger partial charge >= 0.3 is 6.09 Å². The van der Waals surface area contributed by atoms with Gasteiger partial charge in [-0.15, -0.1) is 0 Å². The minimum Gasteiger partial charge on any atom is -0.444 e. The van der Waals surface area contributed by atoms with E-state index in [2.05, 4.69) is 10.6 Å². The molecule has 0 bridgehead atoms. The van der Waals surface area contributed by atoms with Crippen LogP contribution in [0.1, 0.15) is 54.9 Å². The topological polar surface area (TPSA) is 100 Å². The maximum atomic E-state index is 12.6. The van der Waals surface area contributed by atoms with E-state index in [1.807, 2.05) is 32.6 Å². The Bertz CT molecular complexity index is 499. The van der Waals surface area contributed by atoms with E-state index in [9.17, 15) is 14.7 Å². The molecule has 1 aliphatic rings. The summed E-state index contributed by atoms with van der Waals surface area (Å²) in [5.74, 6) is -0.0722. The van der Waals surface area contributed by atoms with Gasteiger partial charge < -0.3 is 25.2 Å². The zero-order valence-electron chi connectivity index (χ0n) is 17.8. The molecule has 3 atom stereocenters. The number of amides is 2. The normalized spacial score (nSPS) is 22.4. The maximum Gasteiger partial charge on any atom is 0.407 e. The molecular formula is C19H37N3O5. The molecule has 1 saturated heterocycles. The molecule has 0 aromatic rings. The Hall–Kier alpha value is -1.38. The van der Waals surface area contributed by atoms with Gasteiger partial charge in [0.25, 0.3) is 0 Å². The van der Waals surface area contributed by atoms with Gasteiger partial charge in [0.15, 0.2) is 0 Å². The lowest BCUT2D eigenvalue weighted by atomic mass is 10.1. The van der Waals surface area contributed by atoms with Crippen LogP contribution in [0.25, 0.3) is 0 Å². The molecule has 8 heteroatoms. The van der Waals surface area contributed by atoms with Crippen molar-refractivity contribution in [1.82, 2.24) is 15.5 Å². The van der Waals surface area contributed by atoms with Crippen LogP contribution in [0.5, 0.6) is 0 Å². The minimum absolute atomic E-state index is 0.0447. The van der Waals surface area contributed by atoms with Crippen molar-refractivity contribution < 1.29 is 24.2 Å². The van der Waals surface area contributed by atoms with Gasteiger partial charge in [-0.2, -0.15) is 0 Å². The molecule has 1 aliphatic heterocycles. The first-order valence-corrected chi connectivity index (χ1v) is 9.63. The van der Waals surface area contributed by atoms with Crippen LogP contribution in [0.2, 0.25) is 0 Å². The third-order valence-corrected chi connectivity index (χ3v) is 3.89. The van der Waals surface area contributed by atoms with Gasteiger partial charge in [0, 0.05) is 31.8 Å². The first-order chi connectivity index (χ1) is 12.3. The highest BCUT2D eigenvalue weighted by Gasteiger charge is 2.38. The van der Waals surface area contributed by atoms with E-state index < -0.39 is 17.8 Å². The Labute approximate surface area is 163 Å². The van der Waals surface area contributed by atoms with Crippen LogP contribution < -0.4 is 10.6 Å². The molecule has 1 rings (SSSR count). The second kappa shape index (κ2) is 9.71. The van der Waals surface area contributed by atoms with Gasteiger partial charge in [0.1, 0.15) is 5.60 Å². The number of carbonyl (C=O) groups excluding carboxylic acids is 2. The summed E-state index contributed by atoms with van der Waals surface area (Å²) >= 11 is 0.